The van der Waals surface area contributed by atoms with Crippen LogP contribution < -0.4 is 5.56 Å². The number of nitro benzene ring substituents is 1. The lowest BCUT2D eigenvalue weighted by Gasteiger charge is -2.06. The number of nitro groups is 1. The topological polar surface area (TPSA) is 146 Å². The van der Waals surface area contributed by atoms with Gasteiger partial charge in [-0.15, -0.1) is 0 Å². The number of methoxy groups -OCH3 is 2. The fourth-order valence-electron chi connectivity index (χ4n) is 3.27. The number of non-ortho nitro benzene ring substituents is 1. The fourth-order valence-corrected chi connectivity index (χ4v) is 3.27. The minimum atomic E-state index is -0.659. The predicted octanol–water partition coefficient (Wildman–Crippen LogP) is 3.10. The van der Waals surface area contributed by atoms with Gasteiger partial charge in [0, 0.05) is 17.8 Å². The van der Waals surface area contributed by atoms with Crippen LogP contribution >= 0.6 is 0 Å². The molecule has 0 amide bonds. The van der Waals surface area contributed by atoms with Gasteiger partial charge in [0.05, 0.1) is 52.9 Å². The van der Waals surface area contributed by atoms with Gasteiger partial charge in [-0.05, 0) is 44.2 Å². The lowest BCUT2D eigenvalue weighted by Crippen LogP contribution is -2.19. The summed E-state index contributed by atoms with van der Waals surface area (Å²) < 4.78 is 10.7. The van der Waals surface area contributed by atoms with Crippen molar-refractivity contribution in [1.82, 2.24) is 9.78 Å². The molecule has 0 aliphatic rings. The summed E-state index contributed by atoms with van der Waals surface area (Å²) >= 11 is 0. The molecule has 1 aromatic heterocycles. The van der Waals surface area contributed by atoms with Gasteiger partial charge in [-0.2, -0.15) is 0 Å². The third kappa shape index (κ3) is 4.71. The highest BCUT2D eigenvalue weighted by Gasteiger charge is 2.18. The maximum atomic E-state index is 13.1. The van der Waals surface area contributed by atoms with Gasteiger partial charge in [-0.25, -0.2) is 14.3 Å². The molecule has 0 spiro atoms. The first-order valence-corrected chi connectivity index (χ1v) is 9.60. The van der Waals surface area contributed by atoms with E-state index < -0.39 is 22.4 Å². The summed E-state index contributed by atoms with van der Waals surface area (Å²) in [6, 6.07) is 9.69. The molecular weight excluding hydrogens is 432 g/mol. The molecule has 0 unspecified atom stereocenters. The third-order valence-corrected chi connectivity index (χ3v) is 4.81. The molecule has 2 aromatic carbocycles. The molecule has 11 heteroatoms. The molecule has 33 heavy (non-hydrogen) atoms. The minimum Gasteiger partial charge on any atom is -0.465 e. The molecule has 0 radical (unpaired) electrons. The van der Waals surface area contributed by atoms with Gasteiger partial charge in [0.15, 0.2) is 0 Å². The van der Waals surface area contributed by atoms with E-state index in [-0.39, 0.29) is 28.1 Å². The average Bonchev–Trinajstić information content (AvgIpc) is 3.11. The summed E-state index contributed by atoms with van der Waals surface area (Å²) in [5, 5.41) is 13.8. The Bertz CT molecular complexity index is 1300. The summed E-state index contributed by atoms with van der Waals surface area (Å²) in [7, 11) is 2.43. The van der Waals surface area contributed by atoms with Crippen LogP contribution in [0.15, 0.2) is 52.3 Å². The smallest absolute Gasteiger partial charge is 0.337 e. The van der Waals surface area contributed by atoms with Crippen LogP contribution in [0.2, 0.25) is 0 Å². The van der Waals surface area contributed by atoms with Crippen LogP contribution in [0.3, 0.4) is 0 Å². The predicted molar refractivity (Wildman–Crippen MR) is 119 cm³/mol. The van der Waals surface area contributed by atoms with E-state index in [1.165, 1.54) is 61.4 Å². The first-order valence-electron chi connectivity index (χ1n) is 9.60. The summed E-state index contributed by atoms with van der Waals surface area (Å²) in [6.07, 6.45) is 0. The largest absolute Gasteiger partial charge is 0.465 e. The summed E-state index contributed by atoms with van der Waals surface area (Å²) in [4.78, 5) is 51.8. The first-order chi connectivity index (χ1) is 15.7. The second-order valence-corrected chi connectivity index (χ2v) is 6.97. The van der Waals surface area contributed by atoms with Gasteiger partial charge >= 0.3 is 11.9 Å². The lowest BCUT2D eigenvalue weighted by molar-refractivity contribution is -0.384. The van der Waals surface area contributed by atoms with Crippen molar-refractivity contribution < 1.29 is 24.0 Å². The van der Waals surface area contributed by atoms with Crippen molar-refractivity contribution in [2.75, 3.05) is 14.2 Å². The van der Waals surface area contributed by atoms with Crippen LogP contribution in [0.25, 0.3) is 5.69 Å². The Balaban J connectivity index is 2.07. The Hall–Kier alpha value is -4.54. The minimum absolute atomic E-state index is 0.0973. The molecule has 0 aliphatic heterocycles. The number of hydrogen-bond donors (Lipinski definition) is 1. The number of nitrogens with zero attached hydrogens (tertiary/aromatic N) is 3. The monoisotopic (exact) mass is 452 g/mol. The zero-order valence-electron chi connectivity index (χ0n) is 18.2. The van der Waals surface area contributed by atoms with Gasteiger partial charge in [0.1, 0.15) is 0 Å². The highest BCUT2D eigenvalue weighted by molar-refractivity contribution is 6.02. The molecule has 11 nitrogen and oxygen atoms in total. The van der Waals surface area contributed by atoms with Crippen LogP contribution in [0, 0.1) is 17.0 Å². The van der Waals surface area contributed by atoms with Crippen molar-refractivity contribution in [3.8, 4) is 5.69 Å². The zero-order valence-corrected chi connectivity index (χ0v) is 18.2. The van der Waals surface area contributed by atoms with E-state index in [0.717, 1.165) is 0 Å². The highest BCUT2D eigenvalue weighted by atomic mass is 16.6. The molecule has 3 rings (SSSR count). The second kappa shape index (κ2) is 9.30. The van der Waals surface area contributed by atoms with Gasteiger partial charge in [0.25, 0.3) is 11.2 Å². The number of benzene rings is 2. The Morgan fingerprint density at radius 3 is 2.06 bits per heavy atom. The molecule has 1 N–H and O–H groups in total. The van der Waals surface area contributed by atoms with Crippen molar-refractivity contribution in [3.05, 3.63) is 85.3 Å². The van der Waals surface area contributed by atoms with Crippen LogP contribution in [0.1, 0.15) is 38.9 Å². The molecule has 0 aliphatic carbocycles. The molecule has 0 saturated heterocycles. The molecule has 1 heterocycles. The summed E-state index contributed by atoms with van der Waals surface area (Å²) in [5.74, 6) is -1.32. The quantitative estimate of drug-likeness (QED) is 0.262. The molecule has 0 bridgehead atoms. The van der Waals surface area contributed by atoms with Crippen LogP contribution in [-0.2, 0) is 9.47 Å². The van der Waals surface area contributed by atoms with Crippen LogP contribution in [0.5, 0.6) is 0 Å². The fraction of sp³-hybridized carbons (Fsp3) is 0.182. The van der Waals surface area contributed by atoms with E-state index in [1.807, 2.05) is 0 Å². The van der Waals surface area contributed by atoms with E-state index in [9.17, 15) is 24.5 Å². The maximum absolute atomic E-state index is 13.1. The number of ether oxygens (including phenoxy) is 2. The lowest BCUT2D eigenvalue weighted by atomic mass is 10.1. The number of aryl methyl sites for hydroxylation is 1. The number of aromatic nitrogens is 2. The molecule has 0 saturated carbocycles. The molecule has 0 atom stereocenters. The van der Waals surface area contributed by atoms with E-state index in [4.69, 9.17) is 9.47 Å². The number of nitrogens with one attached hydrogen (secondary N) is 1. The molecule has 170 valence electrons. The Morgan fingerprint density at radius 1 is 1.03 bits per heavy atom. The highest BCUT2D eigenvalue weighted by Crippen LogP contribution is 2.21. The van der Waals surface area contributed by atoms with Crippen molar-refractivity contribution in [2.24, 2.45) is 4.99 Å². The Kier molecular flexibility index (Phi) is 6.52. The van der Waals surface area contributed by atoms with E-state index >= 15 is 0 Å². The van der Waals surface area contributed by atoms with Gasteiger partial charge in [-0.1, -0.05) is 0 Å². The summed E-state index contributed by atoms with van der Waals surface area (Å²) in [6.45, 7) is 3.29. The van der Waals surface area contributed by atoms with Crippen LogP contribution in [0.4, 0.5) is 11.4 Å². The van der Waals surface area contributed by atoms with Gasteiger partial charge < -0.3 is 9.47 Å². The number of carbonyl (C=O) groups is 2. The zero-order chi connectivity index (χ0) is 24.3. The van der Waals surface area contributed by atoms with Crippen molar-refractivity contribution in [1.29, 1.82) is 0 Å². The number of aliphatic imine (C=N–C) groups is 1. The van der Waals surface area contributed by atoms with Gasteiger partial charge in [0.2, 0.25) is 0 Å². The number of rotatable bonds is 6. The normalized spacial score (nSPS) is 11.2. The average molecular weight is 452 g/mol. The van der Waals surface area contributed by atoms with Crippen molar-refractivity contribution in [2.45, 2.75) is 13.8 Å². The second-order valence-electron chi connectivity index (χ2n) is 6.97. The molecule has 3 aromatic rings. The van der Waals surface area contributed by atoms with Crippen molar-refractivity contribution >= 4 is 29.0 Å². The third-order valence-electron chi connectivity index (χ3n) is 4.81. The molecule has 0 fully saturated rings. The number of H-pyrrole nitrogens is 1. The summed E-state index contributed by atoms with van der Waals surface area (Å²) in [5.41, 5.74) is 1.45. The first kappa shape index (κ1) is 23.1. The van der Waals surface area contributed by atoms with E-state index in [2.05, 4.69) is 10.1 Å². The van der Waals surface area contributed by atoms with Crippen LogP contribution in [-0.4, -0.2) is 46.6 Å². The standard InChI is InChI=1S/C22H20N4O7/c1-12(23-16-10-14(21(28)32-3)9-15(11-16)22(29)33-4)19-13(2)24-25(20(19)27)17-5-7-18(8-6-17)26(30)31/h5-11,24H,1-4H3. The Morgan fingerprint density at radius 2 is 1.58 bits per heavy atom. The number of aromatic amines is 1. The van der Waals surface area contributed by atoms with Crippen molar-refractivity contribution in [3.63, 3.8) is 0 Å². The van der Waals surface area contributed by atoms with Gasteiger partial charge in [-0.3, -0.25) is 25.0 Å². The maximum Gasteiger partial charge on any atom is 0.337 e. The number of hydrogen-bond acceptors (Lipinski definition) is 8. The number of esters is 2. The van der Waals surface area contributed by atoms with E-state index in [1.54, 1.807) is 13.8 Å². The Labute approximate surface area is 187 Å². The molecular formula is C22H20N4O7. The number of carbonyl (C=O) groups excluding carboxylic acids is 2. The SMILES string of the molecule is COC(=O)c1cc(N=C(C)c2c(C)[nH]n(-c3ccc([N+](=O)[O-])cc3)c2=O)cc(C(=O)OC)c1. The van der Waals surface area contributed by atoms with E-state index in [0.29, 0.717) is 17.1 Å².